The van der Waals surface area contributed by atoms with Crippen LogP contribution in [0.25, 0.3) is 0 Å². The lowest BCUT2D eigenvalue weighted by Crippen LogP contribution is -2.19. The Hall–Kier alpha value is -0.640. The van der Waals surface area contributed by atoms with Crippen molar-refractivity contribution in [1.82, 2.24) is 10.6 Å². The van der Waals surface area contributed by atoms with Gasteiger partial charge >= 0.3 is 0 Å². The molecule has 0 aromatic heterocycles. The molecule has 0 amide bonds. The topological polar surface area (TPSA) is 33.3 Å². The molecule has 3 nitrogen and oxygen atoms in total. The Morgan fingerprint density at radius 1 is 0.311 bits per heavy atom. The average Bonchev–Trinajstić information content (AvgIpc) is 3.05. The fourth-order valence-electron chi connectivity index (χ4n) is 5.95. The molecule has 0 rings (SSSR count). The number of hydrogen-bond acceptors (Lipinski definition) is 3. The van der Waals surface area contributed by atoms with Crippen LogP contribution in [0.3, 0.4) is 0 Å². The molecular weight excluding hydrogens is 548 g/mol. The van der Waals surface area contributed by atoms with Crippen LogP contribution in [0.2, 0.25) is 0 Å². The zero-order valence-electron chi connectivity index (χ0n) is 31.2. The number of rotatable bonds is 40. The van der Waals surface area contributed by atoms with Crippen molar-refractivity contribution in [3.05, 3.63) is 24.3 Å². The smallest absolute Gasteiger partial charge is 0.0478 e. The van der Waals surface area contributed by atoms with E-state index in [1.807, 2.05) is 0 Å². The van der Waals surface area contributed by atoms with Crippen molar-refractivity contribution in [2.45, 2.75) is 206 Å². The molecule has 0 unspecified atom stereocenters. The third-order valence-electron chi connectivity index (χ3n) is 9.02. The third-order valence-corrected chi connectivity index (χ3v) is 9.02. The summed E-state index contributed by atoms with van der Waals surface area (Å²) >= 11 is 0. The zero-order valence-corrected chi connectivity index (χ0v) is 31.2. The van der Waals surface area contributed by atoms with Crippen molar-refractivity contribution in [2.24, 2.45) is 0 Å². The molecule has 3 heteroatoms. The fourth-order valence-corrected chi connectivity index (χ4v) is 5.95. The van der Waals surface area contributed by atoms with E-state index in [1.54, 1.807) is 0 Å². The molecular formula is C42H84N2O. The van der Waals surface area contributed by atoms with Crippen LogP contribution in [0.5, 0.6) is 0 Å². The highest BCUT2D eigenvalue weighted by atomic mass is 16.5. The third kappa shape index (κ3) is 43.4. The van der Waals surface area contributed by atoms with Crippen LogP contribution in [-0.4, -0.2) is 39.4 Å². The van der Waals surface area contributed by atoms with Crippen molar-refractivity contribution in [1.29, 1.82) is 0 Å². The highest BCUT2D eigenvalue weighted by Gasteiger charge is 1.95. The monoisotopic (exact) mass is 633 g/mol. The van der Waals surface area contributed by atoms with Crippen LogP contribution in [-0.2, 0) is 4.74 Å². The first kappa shape index (κ1) is 44.4. The highest BCUT2D eigenvalue weighted by molar-refractivity contribution is 4.82. The van der Waals surface area contributed by atoms with E-state index in [-0.39, 0.29) is 0 Å². The lowest BCUT2D eigenvalue weighted by molar-refractivity contribution is 0.129. The molecule has 0 aliphatic heterocycles. The molecule has 0 aromatic carbocycles. The Morgan fingerprint density at radius 3 is 0.911 bits per heavy atom. The van der Waals surface area contributed by atoms with Crippen molar-refractivity contribution >= 4 is 0 Å². The maximum Gasteiger partial charge on any atom is 0.0478 e. The molecule has 0 aromatic rings. The van der Waals surface area contributed by atoms with Crippen molar-refractivity contribution in [3.63, 3.8) is 0 Å². The molecule has 268 valence electrons. The molecule has 0 aliphatic rings. The maximum absolute atomic E-state index is 5.82. The van der Waals surface area contributed by atoms with Crippen LogP contribution in [0.15, 0.2) is 24.3 Å². The largest absolute Gasteiger partial charge is 0.381 e. The van der Waals surface area contributed by atoms with Crippen molar-refractivity contribution < 1.29 is 4.74 Å². The SMILES string of the molecule is CCCCCCCC/C=C\CCCCCCCCNCCCOCCCNCCCCCCCC/C=C\CCCCCCCC. The minimum atomic E-state index is 0.898. The van der Waals surface area contributed by atoms with Gasteiger partial charge in [0.1, 0.15) is 0 Å². The standard InChI is InChI=1S/C42H84N2O/c1-3-5-7-9-11-13-15-17-19-21-23-25-27-29-31-33-37-43-39-35-41-45-42-36-40-44-38-34-32-30-28-26-24-22-20-18-16-14-12-10-8-6-4-2/h17-20,43-44H,3-16,21-42H2,1-2H3/b19-17-,20-18-. The average molecular weight is 633 g/mol. The first-order valence-corrected chi connectivity index (χ1v) is 20.7. The summed E-state index contributed by atoms with van der Waals surface area (Å²) in [6, 6.07) is 0. The Labute approximate surface area is 285 Å². The van der Waals surface area contributed by atoms with Crippen molar-refractivity contribution in [3.8, 4) is 0 Å². The van der Waals surface area contributed by atoms with E-state index in [0.717, 1.165) is 39.1 Å². The summed E-state index contributed by atoms with van der Waals surface area (Å²) in [5.41, 5.74) is 0. The van der Waals surface area contributed by atoms with Gasteiger partial charge in [-0.25, -0.2) is 0 Å². The molecule has 0 bridgehead atoms. The predicted molar refractivity (Wildman–Crippen MR) is 205 cm³/mol. The minimum Gasteiger partial charge on any atom is -0.381 e. The molecule has 0 saturated carbocycles. The lowest BCUT2D eigenvalue weighted by atomic mass is 10.1. The summed E-state index contributed by atoms with van der Waals surface area (Å²) in [5, 5.41) is 7.19. The van der Waals surface area contributed by atoms with Gasteiger partial charge in [-0.05, 0) is 103 Å². The Bertz CT molecular complexity index is 513. The van der Waals surface area contributed by atoms with E-state index >= 15 is 0 Å². The minimum absolute atomic E-state index is 0.898. The summed E-state index contributed by atoms with van der Waals surface area (Å²) in [6.07, 6.45) is 50.6. The second-order valence-corrected chi connectivity index (χ2v) is 13.7. The lowest BCUT2D eigenvalue weighted by Gasteiger charge is -2.07. The van der Waals surface area contributed by atoms with Gasteiger partial charge in [0, 0.05) is 13.2 Å². The van der Waals surface area contributed by atoms with Crippen molar-refractivity contribution in [2.75, 3.05) is 39.4 Å². The van der Waals surface area contributed by atoms with Gasteiger partial charge in [0.15, 0.2) is 0 Å². The number of ether oxygens (including phenoxy) is 1. The normalized spacial score (nSPS) is 12.0. The second-order valence-electron chi connectivity index (χ2n) is 13.7. The number of unbranched alkanes of at least 4 members (excludes halogenated alkanes) is 24. The van der Waals surface area contributed by atoms with Gasteiger partial charge in [-0.15, -0.1) is 0 Å². The summed E-state index contributed by atoms with van der Waals surface area (Å²) in [5.74, 6) is 0. The summed E-state index contributed by atoms with van der Waals surface area (Å²) in [6.45, 7) is 10.9. The van der Waals surface area contributed by atoms with E-state index in [4.69, 9.17) is 4.74 Å². The van der Waals surface area contributed by atoms with Crippen LogP contribution in [0.1, 0.15) is 206 Å². The van der Waals surface area contributed by atoms with Gasteiger partial charge < -0.3 is 15.4 Å². The van der Waals surface area contributed by atoms with Gasteiger partial charge in [0.05, 0.1) is 0 Å². The van der Waals surface area contributed by atoms with E-state index in [0.29, 0.717) is 0 Å². The number of allylic oxidation sites excluding steroid dienone is 4. The van der Waals surface area contributed by atoms with Crippen LogP contribution in [0.4, 0.5) is 0 Å². The van der Waals surface area contributed by atoms with Crippen LogP contribution < -0.4 is 10.6 Å². The van der Waals surface area contributed by atoms with Gasteiger partial charge in [0.2, 0.25) is 0 Å². The highest BCUT2D eigenvalue weighted by Crippen LogP contribution is 2.11. The second kappa shape index (κ2) is 43.4. The number of hydrogen-bond donors (Lipinski definition) is 2. The molecule has 0 saturated heterocycles. The molecule has 2 N–H and O–H groups in total. The summed E-state index contributed by atoms with van der Waals surface area (Å²) < 4.78 is 5.82. The fraction of sp³-hybridized carbons (Fsp3) is 0.905. The molecule has 0 heterocycles. The Morgan fingerprint density at radius 2 is 0.578 bits per heavy atom. The molecule has 0 aliphatic carbocycles. The van der Waals surface area contributed by atoms with Gasteiger partial charge in [-0.3, -0.25) is 0 Å². The van der Waals surface area contributed by atoms with Gasteiger partial charge in [-0.1, -0.05) is 154 Å². The van der Waals surface area contributed by atoms with Crippen LogP contribution >= 0.6 is 0 Å². The predicted octanol–water partition coefficient (Wildman–Crippen LogP) is 13.0. The Balaban J connectivity index is 3.09. The van der Waals surface area contributed by atoms with Gasteiger partial charge in [-0.2, -0.15) is 0 Å². The first-order chi connectivity index (χ1) is 22.4. The van der Waals surface area contributed by atoms with E-state index < -0.39 is 0 Å². The quantitative estimate of drug-likeness (QED) is 0.0521. The maximum atomic E-state index is 5.82. The molecule has 0 radical (unpaired) electrons. The molecule has 0 fully saturated rings. The molecule has 0 spiro atoms. The molecule has 0 atom stereocenters. The van der Waals surface area contributed by atoms with Gasteiger partial charge in [0.25, 0.3) is 0 Å². The van der Waals surface area contributed by atoms with Crippen LogP contribution in [0, 0.1) is 0 Å². The summed E-state index contributed by atoms with van der Waals surface area (Å²) in [4.78, 5) is 0. The zero-order chi connectivity index (χ0) is 32.4. The molecule has 45 heavy (non-hydrogen) atoms. The summed E-state index contributed by atoms with van der Waals surface area (Å²) in [7, 11) is 0. The van der Waals surface area contributed by atoms with E-state index in [2.05, 4.69) is 48.8 Å². The van der Waals surface area contributed by atoms with E-state index in [9.17, 15) is 0 Å². The Kier molecular flexibility index (Phi) is 42.7. The first-order valence-electron chi connectivity index (χ1n) is 20.7. The number of nitrogens with one attached hydrogen (secondary N) is 2. The van der Waals surface area contributed by atoms with E-state index in [1.165, 1.54) is 193 Å².